The lowest BCUT2D eigenvalue weighted by Crippen LogP contribution is -2.19. The molecule has 3 rings (SSSR count). The molecule has 0 atom stereocenters. The van der Waals surface area contributed by atoms with Crippen LogP contribution in [0.5, 0.6) is 0 Å². The minimum absolute atomic E-state index is 0.150. The molecule has 2 amide bonds. The second-order valence-corrected chi connectivity index (χ2v) is 6.76. The van der Waals surface area contributed by atoms with Crippen molar-refractivity contribution in [3.05, 3.63) is 78.1 Å². The minimum atomic E-state index is -0.191. The van der Waals surface area contributed by atoms with Crippen molar-refractivity contribution in [2.24, 2.45) is 0 Å². The molecule has 1 aromatic heterocycles. The van der Waals surface area contributed by atoms with Crippen LogP contribution in [0, 0.1) is 0 Å². The molecule has 0 saturated carbocycles. The third-order valence-electron chi connectivity index (χ3n) is 3.84. The maximum absolute atomic E-state index is 12.3. The summed E-state index contributed by atoms with van der Waals surface area (Å²) in [5.74, 6) is -0.109. The third kappa shape index (κ3) is 5.21. The van der Waals surface area contributed by atoms with Gasteiger partial charge in [0.25, 0.3) is 5.91 Å². The van der Waals surface area contributed by atoms with E-state index in [2.05, 4.69) is 27.8 Å². The Hall–Kier alpha value is -3.06. The van der Waals surface area contributed by atoms with Gasteiger partial charge in [-0.05, 0) is 23.8 Å². The van der Waals surface area contributed by atoms with Crippen LogP contribution in [0.25, 0.3) is 0 Å². The molecule has 0 bridgehead atoms. The van der Waals surface area contributed by atoms with Gasteiger partial charge in [0, 0.05) is 37.2 Å². The monoisotopic (exact) mass is 380 g/mol. The molecule has 138 valence electrons. The summed E-state index contributed by atoms with van der Waals surface area (Å²) in [6, 6.07) is 16.9. The Balaban J connectivity index is 1.57. The number of thioether (sulfide) groups is 1. The molecule has 0 unspecified atom stereocenters. The lowest BCUT2D eigenvalue weighted by Gasteiger charge is -2.09. The zero-order chi connectivity index (χ0) is 19.1. The fraction of sp³-hybridized carbons (Fsp3) is 0.150. The van der Waals surface area contributed by atoms with Gasteiger partial charge in [0.05, 0.1) is 5.75 Å². The van der Waals surface area contributed by atoms with E-state index < -0.39 is 0 Å². The van der Waals surface area contributed by atoms with Gasteiger partial charge in [0.2, 0.25) is 5.91 Å². The summed E-state index contributed by atoms with van der Waals surface area (Å²) in [6.07, 6.45) is 3.64. The predicted molar refractivity (Wildman–Crippen MR) is 107 cm³/mol. The van der Waals surface area contributed by atoms with Crippen molar-refractivity contribution in [1.29, 1.82) is 0 Å². The van der Waals surface area contributed by atoms with Crippen molar-refractivity contribution in [2.45, 2.75) is 11.7 Å². The first-order chi connectivity index (χ1) is 13.2. The number of carbonyl (C=O) groups is 2. The van der Waals surface area contributed by atoms with E-state index >= 15 is 0 Å². The van der Waals surface area contributed by atoms with E-state index in [-0.39, 0.29) is 17.6 Å². The van der Waals surface area contributed by atoms with Gasteiger partial charge < -0.3 is 15.2 Å². The Bertz CT molecular complexity index is 924. The van der Waals surface area contributed by atoms with Gasteiger partial charge in [-0.15, -0.1) is 0 Å². The number of hydrogen-bond acceptors (Lipinski definition) is 4. The summed E-state index contributed by atoms with van der Waals surface area (Å²) in [4.78, 5) is 28.3. The Morgan fingerprint density at radius 1 is 1.11 bits per heavy atom. The Morgan fingerprint density at radius 2 is 1.93 bits per heavy atom. The summed E-state index contributed by atoms with van der Waals surface area (Å²) < 4.78 is 2.01. The molecule has 2 aromatic carbocycles. The molecular weight excluding hydrogens is 360 g/mol. The highest BCUT2D eigenvalue weighted by atomic mass is 32.2. The molecule has 0 radical (unpaired) electrons. The summed E-state index contributed by atoms with van der Waals surface area (Å²) in [5, 5.41) is 6.17. The second-order valence-electron chi connectivity index (χ2n) is 5.82. The van der Waals surface area contributed by atoms with Crippen LogP contribution in [-0.2, 0) is 11.3 Å². The van der Waals surface area contributed by atoms with Gasteiger partial charge in [-0.1, -0.05) is 48.2 Å². The SMILES string of the molecule is CNC(=O)c1cccc(NC(=O)CSc2nccn2Cc2ccccc2)c1. The molecule has 1 heterocycles. The van der Waals surface area contributed by atoms with Crippen LogP contribution < -0.4 is 10.6 Å². The van der Waals surface area contributed by atoms with E-state index in [0.717, 1.165) is 5.16 Å². The van der Waals surface area contributed by atoms with Crippen molar-refractivity contribution in [2.75, 3.05) is 18.1 Å². The van der Waals surface area contributed by atoms with Crippen LogP contribution in [0.2, 0.25) is 0 Å². The molecule has 27 heavy (non-hydrogen) atoms. The molecular formula is C20H20N4O2S. The lowest BCUT2D eigenvalue weighted by molar-refractivity contribution is -0.113. The number of aromatic nitrogens is 2. The van der Waals surface area contributed by atoms with Gasteiger partial charge in [-0.25, -0.2) is 4.98 Å². The van der Waals surface area contributed by atoms with E-state index in [0.29, 0.717) is 17.8 Å². The van der Waals surface area contributed by atoms with Gasteiger partial charge in [0.15, 0.2) is 5.16 Å². The largest absolute Gasteiger partial charge is 0.355 e. The van der Waals surface area contributed by atoms with Crippen LogP contribution in [-0.4, -0.2) is 34.2 Å². The molecule has 0 saturated heterocycles. The van der Waals surface area contributed by atoms with E-state index in [1.54, 1.807) is 37.5 Å². The van der Waals surface area contributed by atoms with Crippen molar-refractivity contribution >= 4 is 29.3 Å². The molecule has 0 aliphatic heterocycles. The minimum Gasteiger partial charge on any atom is -0.355 e. The third-order valence-corrected chi connectivity index (χ3v) is 4.85. The Kier molecular flexibility index (Phi) is 6.27. The van der Waals surface area contributed by atoms with Crippen LogP contribution in [0.15, 0.2) is 72.1 Å². The molecule has 2 N–H and O–H groups in total. The van der Waals surface area contributed by atoms with Gasteiger partial charge in [-0.2, -0.15) is 0 Å². The first-order valence-electron chi connectivity index (χ1n) is 8.45. The van der Waals surface area contributed by atoms with E-state index in [1.807, 2.05) is 29.0 Å². The van der Waals surface area contributed by atoms with Crippen molar-refractivity contribution in [3.63, 3.8) is 0 Å². The maximum Gasteiger partial charge on any atom is 0.251 e. The first kappa shape index (κ1) is 18.7. The Morgan fingerprint density at radius 3 is 2.70 bits per heavy atom. The van der Waals surface area contributed by atoms with Crippen molar-refractivity contribution in [1.82, 2.24) is 14.9 Å². The van der Waals surface area contributed by atoms with Crippen LogP contribution in [0.4, 0.5) is 5.69 Å². The van der Waals surface area contributed by atoms with Crippen LogP contribution >= 0.6 is 11.8 Å². The summed E-state index contributed by atoms with van der Waals surface area (Å²) in [7, 11) is 1.57. The lowest BCUT2D eigenvalue weighted by atomic mass is 10.2. The number of hydrogen-bond donors (Lipinski definition) is 2. The highest BCUT2D eigenvalue weighted by Gasteiger charge is 2.10. The number of nitrogens with one attached hydrogen (secondary N) is 2. The maximum atomic E-state index is 12.3. The number of amides is 2. The van der Waals surface area contributed by atoms with Crippen LogP contribution in [0.3, 0.4) is 0 Å². The molecule has 7 heteroatoms. The van der Waals surface area contributed by atoms with Gasteiger partial charge >= 0.3 is 0 Å². The van der Waals surface area contributed by atoms with Crippen LogP contribution in [0.1, 0.15) is 15.9 Å². The average molecular weight is 380 g/mol. The number of imidazole rings is 1. The van der Waals surface area contributed by atoms with Gasteiger partial charge in [0.1, 0.15) is 0 Å². The zero-order valence-electron chi connectivity index (χ0n) is 14.9. The summed E-state index contributed by atoms with van der Waals surface area (Å²) in [5.41, 5.74) is 2.27. The molecule has 0 aliphatic carbocycles. The van der Waals surface area contributed by atoms with E-state index in [1.165, 1.54) is 17.3 Å². The molecule has 6 nitrogen and oxygen atoms in total. The number of benzene rings is 2. The Labute approximate surface area is 162 Å². The zero-order valence-corrected chi connectivity index (χ0v) is 15.7. The normalized spacial score (nSPS) is 10.4. The predicted octanol–water partition coefficient (Wildman–Crippen LogP) is 3.02. The smallest absolute Gasteiger partial charge is 0.251 e. The molecule has 3 aromatic rings. The molecule has 0 aliphatic rings. The number of nitrogens with zero attached hydrogens (tertiary/aromatic N) is 2. The van der Waals surface area contributed by atoms with Crippen molar-refractivity contribution < 1.29 is 9.59 Å². The first-order valence-corrected chi connectivity index (χ1v) is 9.44. The summed E-state index contributed by atoms with van der Waals surface area (Å²) >= 11 is 1.38. The topological polar surface area (TPSA) is 76.0 Å². The number of carbonyl (C=O) groups excluding carboxylic acids is 2. The highest BCUT2D eigenvalue weighted by molar-refractivity contribution is 7.99. The van der Waals surface area contributed by atoms with E-state index in [9.17, 15) is 9.59 Å². The number of rotatable bonds is 7. The standard InChI is InChI=1S/C20H20N4O2S/c1-21-19(26)16-8-5-9-17(12-16)23-18(25)14-27-20-22-10-11-24(20)13-15-6-3-2-4-7-15/h2-12H,13-14H2,1H3,(H,21,26)(H,23,25). The van der Waals surface area contributed by atoms with E-state index in [4.69, 9.17) is 0 Å². The van der Waals surface area contributed by atoms with Crippen molar-refractivity contribution in [3.8, 4) is 0 Å². The molecule has 0 fully saturated rings. The van der Waals surface area contributed by atoms with Gasteiger partial charge in [-0.3, -0.25) is 9.59 Å². The highest BCUT2D eigenvalue weighted by Crippen LogP contribution is 2.18. The fourth-order valence-corrected chi connectivity index (χ4v) is 3.30. The average Bonchev–Trinajstić information content (AvgIpc) is 3.13. The summed E-state index contributed by atoms with van der Waals surface area (Å²) in [6.45, 7) is 0.707. The fourth-order valence-electron chi connectivity index (χ4n) is 2.55. The second kappa shape index (κ2) is 9.05. The molecule has 0 spiro atoms. The quantitative estimate of drug-likeness (QED) is 0.618. The number of anilines is 1.